The zero-order valence-corrected chi connectivity index (χ0v) is 17.5. The van der Waals surface area contributed by atoms with Gasteiger partial charge in [0.1, 0.15) is 5.82 Å². The summed E-state index contributed by atoms with van der Waals surface area (Å²) in [6.45, 7) is 2.58. The molecule has 1 saturated heterocycles. The lowest BCUT2D eigenvalue weighted by Crippen LogP contribution is -2.54. The first-order valence-corrected chi connectivity index (χ1v) is 10.7. The second-order valence-corrected chi connectivity index (χ2v) is 8.41. The summed E-state index contributed by atoms with van der Waals surface area (Å²) in [5.41, 5.74) is 1.02. The van der Waals surface area contributed by atoms with Gasteiger partial charge in [0.25, 0.3) is 0 Å². The Labute approximate surface area is 180 Å². The number of hydrogen-bond donors (Lipinski definition) is 1. The van der Waals surface area contributed by atoms with Gasteiger partial charge in [-0.1, -0.05) is 36.2 Å². The highest BCUT2D eigenvalue weighted by atomic mass is 35.5. The van der Waals surface area contributed by atoms with Gasteiger partial charge >= 0.3 is 0 Å². The van der Waals surface area contributed by atoms with Crippen molar-refractivity contribution in [2.24, 2.45) is 0 Å². The minimum atomic E-state index is -0.715. The first-order chi connectivity index (χ1) is 14.5. The third kappa shape index (κ3) is 4.15. The highest BCUT2D eigenvalue weighted by molar-refractivity contribution is 6.30. The summed E-state index contributed by atoms with van der Waals surface area (Å²) in [5, 5.41) is 3.50. The highest BCUT2D eigenvalue weighted by Gasteiger charge is 2.45. The molecule has 7 heteroatoms. The molecule has 2 fully saturated rings. The van der Waals surface area contributed by atoms with Crippen LogP contribution in [0.5, 0.6) is 0 Å². The van der Waals surface area contributed by atoms with Crippen molar-refractivity contribution in [3.63, 3.8) is 0 Å². The molecule has 2 aromatic rings. The van der Waals surface area contributed by atoms with Crippen molar-refractivity contribution in [3.8, 4) is 0 Å². The van der Waals surface area contributed by atoms with Gasteiger partial charge in [0.15, 0.2) is 0 Å². The Bertz CT molecular complexity index is 940. The second kappa shape index (κ2) is 8.64. The van der Waals surface area contributed by atoms with Crippen LogP contribution in [0.3, 0.4) is 0 Å². The SMILES string of the molecule is O=C(CNC(=O)C1(c2cccc(F)c2)CCC1)N1CCN(c2cccc(Cl)c2)CC1. The van der Waals surface area contributed by atoms with Crippen molar-refractivity contribution in [2.45, 2.75) is 24.7 Å². The molecule has 5 nitrogen and oxygen atoms in total. The third-order valence-corrected chi connectivity index (χ3v) is 6.46. The Morgan fingerprint density at radius 2 is 1.77 bits per heavy atom. The second-order valence-electron chi connectivity index (χ2n) is 7.98. The van der Waals surface area contributed by atoms with E-state index in [0.717, 1.165) is 12.1 Å². The number of anilines is 1. The fourth-order valence-corrected chi connectivity index (χ4v) is 4.47. The number of piperazine rings is 1. The third-order valence-electron chi connectivity index (χ3n) is 6.22. The number of benzene rings is 2. The van der Waals surface area contributed by atoms with Gasteiger partial charge < -0.3 is 15.1 Å². The number of nitrogens with one attached hydrogen (secondary N) is 1. The van der Waals surface area contributed by atoms with E-state index in [9.17, 15) is 14.0 Å². The van der Waals surface area contributed by atoms with E-state index >= 15 is 0 Å². The summed E-state index contributed by atoms with van der Waals surface area (Å²) in [5.74, 6) is -0.631. The molecule has 2 amide bonds. The van der Waals surface area contributed by atoms with Crippen LogP contribution in [0, 0.1) is 5.82 Å². The Morgan fingerprint density at radius 3 is 2.40 bits per heavy atom. The van der Waals surface area contributed by atoms with Crippen molar-refractivity contribution >= 4 is 29.1 Å². The average Bonchev–Trinajstić information content (AvgIpc) is 2.71. The number of carbonyl (C=O) groups excluding carboxylic acids is 2. The van der Waals surface area contributed by atoms with Crippen molar-refractivity contribution in [1.29, 1.82) is 0 Å². The Hall–Kier alpha value is -2.60. The van der Waals surface area contributed by atoms with Crippen LogP contribution in [0.15, 0.2) is 48.5 Å². The number of hydrogen-bond acceptors (Lipinski definition) is 3. The Balaban J connectivity index is 1.31. The maximum Gasteiger partial charge on any atom is 0.242 e. The maximum absolute atomic E-state index is 13.7. The fraction of sp³-hybridized carbons (Fsp3) is 0.391. The molecule has 158 valence electrons. The number of amides is 2. The lowest BCUT2D eigenvalue weighted by molar-refractivity contribution is -0.136. The lowest BCUT2D eigenvalue weighted by atomic mass is 9.64. The van der Waals surface area contributed by atoms with Gasteiger partial charge in [-0.15, -0.1) is 0 Å². The standard InChI is InChI=1S/C23H25ClFN3O2/c24-18-5-2-7-20(15-18)27-10-12-28(13-11-27)21(29)16-26-22(30)23(8-3-9-23)17-4-1-6-19(25)14-17/h1-2,4-7,14-15H,3,8-13,16H2,(H,26,30). The van der Waals surface area contributed by atoms with Crippen molar-refractivity contribution in [2.75, 3.05) is 37.6 Å². The fourth-order valence-electron chi connectivity index (χ4n) is 4.29. The van der Waals surface area contributed by atoms with E-state index in [-0.39, 0.29) is 24.2 Å². The smallest absolute Gasteiger partial charge is 0.242 e. The molecule has 2 aliphatic rings. The van der Waals surface area contributed by atoms with Gasteiger partial charge in [0.05, 0.1) is 12.0 Å². The molecular formula is C23H25ClFN3O2. The minimum absolute atomic E-state index is 0.0347. The maximum atomic E-state index is 13.7. The summed E-state index contributed by atoms with van der Waals surface area (Å²) in [6, 6.07) is 13.9. The number of rotatable bonds is 5. The molecule has 4 rings (SSSR count). The molecule has 0 aromatic heterocycles. The Kier molecular flexibility index (Phi) is 5.95. The van der Waals surface area contributed by atoms with Crippen LogP contribution in [-0.4, -0.2) is 49.4 Å². The summed E-state index contributed by atoms with van der Waals surface area (Å²) < 4.78 is 13.7. The van der Waals surface area contributed by atoms with Crippen LogP contribution in [0.25, 0.3) is 0 Å². The van der Waals surface area contributed by atoms with Crippen molar-refractivity contribution in [3.05, 3.63) is 64.9 Å². The van der Waals surface area contributed by atoms with Crippen LogP contribution in [0.4, 0.5) is 10.1 Å². The molecule has 2 aromatic carbocycles. The van der Waals surface area contributed by atoms with Gasteiger partial charge in [-0.25, -0.2) is 4.39 Å². The first kappa shape index (κ1) is 20.7. The first-order valence-electron chi connectivity index (χ1n) is 10.3. The monoisotopic (exact) mass is 429 g/mol. The van der Waals surface area contributed by atoms with E-state index in [4.69, 9.17) is 11.6 Å². The quantitative estimate of drug-likeness (QED) is 0.792. The van der Waals surface area contributed by atoms with Crippen molar-refractivity contribution in [1.82, 2.24) is 10.2 Å². The molecule has 0 bridgehead atoms. The predicted molar refractivity (Wildman–Crippen MR) is 115 cm³/mol. The molecule has 30 heavy (non-hydrogen) atoms. The summed E-state index contributed by atoms with van der Waals surface area (Å²) >= 11 is 6.07. The van der Waals surface area contributed by atoms with Crippen LogP contribution in [0.1, 0.15) is 24.8 Å². The van der Waals surface area contributed by atoms with Crippen LogP contribution >= 0.6 is 11.6 Å². The van der Waals surface area contributed by atoms with E-state index in [1.165, 1.54) is 12.1 Å². The summed E-state index contributed by atoms with van der Waals surface area (Å²) in [6.07, 6.45) is 2.27. The van der Waals surface area contributed by atoms with Gasteiger partial charge in [0.2, 0.25) is 11.8 Å². The van der Waals surface area contributed by atoms with E-state index < -0.39 is 5.41 Å². The van der Waals surface area contributed by atoms with Crippen molar-refractivity contribution < 1.29 is 14.0 Å². The summed E-state index contributed by atoms with van der Waals surface area (Å²) in [7, 11) is 0. The average molecular weight is 430 g/mol. The van der Waals surface area contributed by atoms with E-state index in [2.05, 4.69) is 10.2 Å². The molecular weight excluding hydrogens is 405 g/mol. The molecule has 1 N–H and O–H groups in total. The van der Waals surface area contributed by atoms with E-state index in [1.54, 1.807) is 17.0 Å². The largest absolute Gasteiger partial charge is 0.368 e. The lowest BCUT2D eigenvalue weighted by Gasteiger charge is -2.41. The molecule has 1 heterocycles. The molecule has 1 aliphatic heterocycles. The van der Waals surface area contributed by atoms with Gasteiger partial charge in [0, 0.05) is 36.9 Å². The number of carbonyl (C=O) groups is 2. The molecule has 0 radical (unpaired) electrons. The molecule has 0 unspecified atom stereocenters. The van der Waals surface area contributed by atoms with E-state index in [1.807, 2.05) is 24.3 Å². The molecule has 1 saturated carbocycles. The zero-order chi connectivity index (χ0) is 21.1. The molecule has 1 aliphatic carbocycles. The minimum Gasteiger partial charge on any atom is -0.368 e. The predicted octanol–water partition coefficient (Wildman–Crippen LogP) is 3.37. The Morgan fingerprint density at radius 1 is 1.03 bits per heavy atom. The van der Waals surface area contributed by atoms with Gasteiger partial charge in [-0.05, 0) is 48.7 Å². The van der Waals surface area contributed by atoms with Gasteiger partial charge in [-0.3, -0.25) is 9.59 Å². The van der Waals surface area contributed by atoms with E-state index in [0.29, 0.717) is 49.6 Å². The highest BCUT2D eigenvalue weighted by Crippen LogP contribution is 2.44. The topological polar surface area (TPSA) is 52.7 Å². The number of nitrogens with zero attached hydrogens (tertiary/aromatic N) is 2. The van der Waals surface area contributed by atoms with Crippen LogP contribution in [-0.2, 0) is 15.0 Å². The van der Waals surface area contributed by atoms with Crippen LogP contribution < -0.4 is 10.2 Å². The van der Waals surface area contributed by atoms with Gasteiger partial charge in [-0.2, -0.15) is 0 Å². The van der Waals surface area contributed by atoms with Crippen LogP contribution in [0.2, 0.25) is 5.02 Å². The normalized spacial score (nSPS) is 17.9. The number of halogens is 2. The zero-order valence-electron chi connectivity index (χ0n) is 16.7. The summed E-state index contributed by atoms with van der Waals surface area (Å²) in [4.78, 5) is 29.5. The molecule has 0 spiro atoms. The molecule has 0 atom stereocenters.